The van der Waals surface area contributed by atoms with Crippen LogP contribution in [0.15, 0.2) is 48.5 Å². The van der Waals surface area contributed by atoms with Crippen LogP contribution in [0.5, 0.6) is 5.75 Å². The Kier molecular flexibility index (Phi) is 4.51. The van der Waals surface area contributed by atoms with Gasteiger partial charge in [-0.2, -0.15) is 0 Å². The standard InChI is InChI=1S/C19H20N2O3/c1-14(22)15-2-6-17(7-3-15)20-10-12-21(13-11-20)19(24)16-4-8-18(23)9-5-16/h2-9,23H,10-13H2,1H3. The Balaban J connectivity index is 1.62. The number of ketones is 1. The summed E-state index contributed by atoms with van der Waals surface area (Å²) < 4.78 is 0. The topological polar surface area (TPSA) is 60.9 Å². The number of anilines is 1. The van der Waals surface area contributed by atoms with Crippen molar-refractivity contribution in [1.29, 1.82) is 0 Å². The molecule has 1 N–H and O–H groups in total. The van der Waals surface area contributed by atoms with E-state index in [0.717, 1.165) is 18.8 Å². The second-order valence-electron chi connectivity index (χ2n) is 5.93. The molecule has 0 saturated carbocycles. The Morgan fingerprint density at radius 3 is 1.92 bits per heavy atom. The van der Waals surface area contributed by atoms with Gasteiger partial charge in [-0.05, 0) is 55.5 Å². The van der Waals surface area contributed by atoms with Gasteiger partial charge >= 0.3 is 0 Å². The molecule has 2 aromatic carbocycles. The minimum absolute atomic E-state index is 0.0124. The largest absolute Gasteiger partial charge is 0.508 e. The number of amides is 1. The minimum Gasteiger partial charge on any atom is -0.508 e. The first-order valence-corrected chi connectivity index (χ1v) is 7.99. The monoisotopic (exact) mass is 324 g/mol. The molecule has 1 heterocycles. The molecule has 0 radical (unpaired) electrons. The van der Waals surface area contributed by atoms with Gasteiger partial charge in [-0.15, -0.1) is 0 Å². The number of hydrogen-bond donors (Lipinski definition) is 1. The highest BCUT2D eigenvalue weighted by atomic mass is 16.3. The van der Waals surface area contributed by atoms with Gasteiger partial charge in [-0.3, -0.25) is 9.59 Å². The second-order valence-corrected chi connectivity index (χ2v) is 5.93. The number of aromatic hydroxyl groups is 1. The fraction of sp³-hybridized carbons (Fsp3) is 0.263. The third kappa shape index (κ3) is 3.40. The summed E-state index contributed by atoms with van der Waals surface area (Å²) in [6.07, 6.45) is 0. The molecule has 2 aromatic rings. The molecule has 5 nitrogen and oxygen atoms in total. The normalized spacial score (nSPS) is 14.5. The minimum atomic E-state index is -0.0124. The molecule has 1 fully saturated rings. The van der Waals surface area contributed by atoms with Crippen LogP contribution in [-0.4, -0.2) is 47.9 Å². The summed E-state index contributed by atoms with van der Waals surface area (Å²) >= 11 is 0. The van der Waals surface area contributed by atoms with Crippen LogP contribution in [0.3, 0.4) is 0 Å². The Labute approximate surface area is 141 Å². The lowest BCUT2D eigenvalue weighted by atomic mass is 10.1. The van der Waals surface area contributed by atoms with Crippen molar-refractivity contribution in [3.63, 3.8) is 0 Å². The number of phenols is 1. The fourth-order valence-corrected chi connectivity index (χ4v) is 2.86. The fourth-order valence-electron chi connectivity index (χ4n) is 2.86. The quantitative estimate of drug-likeness (QED) is 0.882. The molecule has 0 atom stereocenters. The van der Waals surface area contributed by atoms with Gasteiger partial charge in [0.05, 0.1) is 0 Å². The predicted octanol–water partition coefficient (Wildman–Crippen LogP) is 2.56. The zero-order valence-corrected chi connectivity index (χ0v) is 13.6. The zero-order valence-electron chi connectivity index (χ0n) is 13.6. The predicted molar refractivity (Wildman–Crippen MR) is 92.7 cm³/mol. The Hall–Kier alpha value is -2.82. The van der Waals surface area contributed by atoms with Crippen LogP contribution in [0.1, 0.15) is 27.6 Å². The number of rotatable bonds is 3. The van der Waals surface area contributed by atoms with Crippen LogP contribution < -0.4 is 4.90 Å². The maximum Gasteiger partial charge on any atom is 0.253 e. The molecule has 5 heteroatoms. The van der Waals surface area contributed by atoms with Gasteiger partial charge in [0.1, 0.15) is 5.75 Å². The third-order valence-corrected chi connectivity index (χ3v) is 4.32. The number of carbonyl (C=O) groups excluding carboxylic acids is 2. The van der Waals surface area contributed by atoms with E-state index in [0.29, 0.717) is 24.2 Å². The maximum absolute atomic E-state index is 12.5. The number of carbonyl (C=O) groups is 2. The lowest BCUT2D eigenvalue weighted by molar-refractivity contribution is 0.0746. The average Bonchev–Trinajstić information content (AvgIpc) is 2.62. The van der Waals surface area contributed by atoms with E-state index in [9.17, 15) is 14.7 Å². The molecule has 1 saturated heterocycles. The average molecular weight is 324 g/mol. The van der Waals surface area contributed by atoms with Crippen molar-refractivity contribution in [2.45, 2.75) is 6.92 Å². The Bertz CT molecular complexity index is 730. The molecule has 24 heavy (non-hydrogen) atoms. The zero-order chi connectivity index (χ0) is 17.1. The third-order valence-electron chi connectivity index (χ3n) is 4.32. The first-order chi connectivity index (χ1) is 11.5. The molecule has 1 amide bonds. The number of phenolic OH excluding ortho intramolecular Hbond substituents is 1. The Morgan fingerprint density at radius 2 is 1.38 bits per heavy atom. The summed E-state index contributed by atoms with van der Waals surface area (Å²) in [4.78, 5) is 27.8. The molecule has 0 aromatic heterocycles. The van der Waals surface area contributed by atoms with Gasteiger partial charge in [0.15, 0.2) is 5.78 Å². The lowest BCUT2D eigenvalue weighted by Crippen LogP contribution is -2.48. The number of hydrogen-bond acceptors (Lipinski definition) is 4. The molecular formula is C19H20N2O3. The van der Waals surface area contributed by atoms with Gasteiger partial charge in [-0.25, -0.2) is 0 Å². The van der Waals surface area contributed by atoms with Crippen molar-refractivity contribution in [3.8, 4) is 5.75 Å². The van der Waals surface area contributed by atoms with Crippen LogP contribution in [0.2, 0.25) is 0 Å². The van der Waals surface area contributed by atoms with E-state index in [1.54, 1.807) is 19.1 Å². The summed E-state index contributed by atoms with van der Waals surface area (Å²) in [5, 5.41) is 9.31. The summed E-state index contributed by atoms with van der Waals surface area (Å²) in [5.74, 6) is 0.206. The van der Waals surface area contributed by atoms with Crippen molar-refractivity contribution in [2.75, 3.05) is 31.1 Å². The van der Waals surface area contributed by atoms with Crippen LogP contribution in [0.4, 0.5) is 5.69 Å². The first kappa shape index (κ1) is 16.1. The van der Waals surface area contributed by atoms with Crippen molar-refractivity contribution >= 4 is 17.4 Å². The van der Waals surface area contributed by atoms with Crippen LogP contribution in [-0.2, 0) is 0 Å². The van der Waals surface area contributed by atoms with E-state index >= 15 is 0 Å². The van der Waals surface area contributed by atoms with Gasteiger partial charge in [0.25, 0.3) is 5.91 Å². The number of Topliss-reactive ketones (excluding diaryl/α,β-unsaturated/α-hetero) is 1. The maximum atomic E-state index is 12.5. The lowest BCUT2D eigenvalue weighted by Gasteiger charge is -2.36. The van der Waals surface area contributed by atoms with E-state index in [1.165, 1.54) is 12.1 Å². The number of nitrogens with zero attached hydrogens (tertiary/aromatic N) is 2. The summed E-state index contributed by atoms with van der Waals surface area (Å²) in [6, 6.07) is 13.9. The van der Waals surface area contributed by atoms with Gasteiger partial charge in [-0.1, -0.05) is 0 Å². The van der Waals surface area contributed by atoms with E-state index < -0.39 is 0 Å². The highest BCUT2D eigenvalue weighted by molar-refractivity contribution is 5.95. The van der Waals surface area contributed by atoms with E-state index in [-0.39, 0.29) is 17.4 Å². The molecule has 1 aliphatic rings. The van der Waals surface area contributed by atoms with Crippen molar-refractivity contribution in [2.24, 2.45) is 0 Å². The van der Waals surface area contributed by atoms with E-state index in [1.807, 2.05) is 29.2 Å². The first-order valence-electron chi connectivity index (χ1n) is 7.99. The molecule has 3 rings (SSSR count). The number of benzene rings is 2. The molecular weight excluding hydrogens is 304 g/mol. The van der Waals surface area contributed by atoms with Crippen molar-refractivity contribution in [1.82, 2.24) is 4.90 Å². The van der Waals surface area contributed by atoms with Crippen LogP contribution in [0.25, 0.3) is 0 Å². The summed E-state index contributed by atoms with van der Waals surface area (Å²) in [7, 11) is 0. The number of piperazine rings is 1. The SMILES string of the molecule is CC(=O)c1ccc(N2CCN(C(=O)c3ccc(O)cc3)CC2)cc1. The second kappa shape index (κ2) is 6.74. The van der Waals surface area contributed by atoms with E-state index in [2.05, 4.69) is 4.90 Å². The Morgan fingerprint density at radius 1 is 0.833 bits per heavy atom. The molecule has 0 unspecified atom stereocenters. The van der Waals surface area contributed by atoms with Crippen LogP contribution in [0, 0.1) is 0 Å². The van der Waals surface area contributed by atoms with Gasteiger partial charge < -0.3 is 14.9 Å². The highest BCUT2D eigenvalue weighted by Gasteiger charge is 2.22. The van der Waals surface area contributed by atoms with Gasteiger partial charge in [0.2, 0.25) is 0 Å². The van der Waals surface area contributed by atoms with Crippen molar-refractivity contribution < 1.29 is 14.7 Å². The molecule has 124 valence electrons. The van der Waals surface area contributed by atoms with Gasteiger partial charge in [0, 0.05) is 43.0 Å². The summed E-state index contributed by atoms with van der Waals surface area (Å²) in [6.45, 7) is 4.36. The van der Waals surface area contributed by atoms with Crippen LogP contribution >= 0.6 is 0 Å². The highest BCUT2D eigenvalue weighted by Crippen LogP contribution is 2.19. The van der Waals surface area contributed by atoms with Crippen molar-refractivity contribution in [3.05, 3.63) is 59.7 Å². The van der Waals surface area contributed by atoms with E-state index in [4.69, 9.17) is 0 Å². The molecule has 0 spiro atoms. The molecule has 0 bridgehead atoms. The molecule has 0 aliphatic carbocycles. The summed E-state index contributed by atoms with van der Waals surface area (Å²) in [5.41, 5.74) is 2.36. The smallest absolute Gasteiger partial charge is 0.253 e. The molecule has 1 aliphatic heterocycles.